The molecule has 1 saturated carbocycles. The predicted molar refractivity (Wildman–Crippen MR) is 81.4 cm³/mol. The van der Waals surface area contributed by atoms with Crippen molar-refractivity contribution in [3.8, 4) is 0 Å². The molecule has 20 heavy (non-hydrogen) atoms. The van der Waals surface area contributed by atoms with E-state index in [1.165, 1.54) is 18.4 Å². The Kier molecular flexibility index (Phi) is 5.56. The van der Waals surface area contributed by atoms with E-state index in [9.17, 15) is 4.79 Å². The second kappa shape index (κ2) is 7.41. The van der Waals surface area contributed by atoms with Crippen LogP contribution in [-0.4, -0.2) is 43.0 Å². The fourth-order valence-electron chi connectivity index (χ4n) is 2.27. The highest BCUT2D eigenvalue weighted by Crippen LogP contribution is 2.19. The highest BCUT2D eigenvalue weighted by atomic mass is 16.1. The van der Waals surface area contributed by atoms with Gasteiger partial charge < -0.3 is 16.0 Å². The highest BCUT2D eigenvalue weighted by Gasteiger charge is 2.27. The maximum Gasteiger partial charge on any atom is 0.234 e. The minimum Gasteiger partial charge on any atom is -0.368 e. The first-order valence-electron chi connectivity index (χ1n) is 7.43. The van der Waals surface area contributed by atoms with Gasteiger partial charge >= 0.3 is 0 Å². The van der Waals surface area contributed by atoms with Crippen LogP contribution >= 0.6 is 0 Å². The smallest absolute Gasteiger partial charge is 0.234 e. The molecule has 1 aliphatic carbocycles. The van der Waals surface area contributed by atoms with Crippen molar-refractivity contribution >= 4 is 5.91 Å². The first kappa shape index (κ1) is 15.0. The van der Waals surface area contributed by atoms with Crippen LogP contribution in [0, 0.1) is 0 Å². The molecule has 3 N–H and O–H groups in total. The fraction of sp³-hybridized carbons (Fsp3) is 0.562. The van der Waals surface area contributed by atoms with Gasteiger partial charge in [-0.2, -0.15) is 0 Å². The second-order valence-electron chi connectivity index (χ2n) is 5.72. The van der Waals surface area contributed by atoms with Crippen molar-refractivity contribution in [2.75, 3.05) is 20.1 Å². The molecule has 1 aliphatic rings. The molecule has 4 nitrogen and oxygen atoms in total. The van der Waals surface area contributed by atoms with Crippen LogP contribution in [0.3, 0.4) is 0 Å². The molecule has 0 aliphatic heterocycles. The van der Waals surface area contributed by atoms with E-state index in [4.69, 9.17) is 5.73 Å². The van der Waals surface area contributed by atoms with Gasteiger partial charge in [-0.3, -0.25) is 4.79 Å². The molecule has 0 saturated heterocycles. The van der Waals surface area contributed by atoms with E-state index >= 15 is 0 Å². The number of carbonyl (C=O) groups excluding carboxylic acids is 1. The molecule has 1 atom stereocenters. The van der Waals surface area contributed by atoms with Crippen LogP contribution in [0.25, 0.3) is 0 Å². The quantitative estimate of drug-likeness (QED) is 0.711. The van der Waals surface area contributed by atoms with Gasteiger partial charge in [0.15, 0.2) is 0 Å². The molecule has 4 heteroatoms. The Bertz CT molecular complexity index is 417. The molecule has 110 valence electrons. The number of rotatable bonds is 9. The molecule has 0 radical (unpaired) electrons. The summed E-state index contributed by atoms with van der Waals surface area (Å²) in [6.07, 6.45) is 4.17. The molecule has 1 aromatic carbocycles. The van der Waals surface area contributed by atoms with Crippen molar-refractivity contribution in [3.63, 3.8) is 0 Å². The third kappa shape index (κ3) is 5.31. The molecule has 0 spiro atoms. The third-order valence-corrected chi connectivity index (χ3v) is 3.78. The number of primary amides is 1. The highest BCUT2D eigenvalue weighted by molar-refractivity contribution is 5.79. The molecule has 1 fully saturated rings. The van der Waals surface area contributed by atoms with E-state index in [2.05, 4.69) is 41.5 Å². The summed E-state index contributed by atoms with van der Waals surface area (Å²) in [5.74, 6) is -0.228. The Labute approximate surface area is 121 Å². The summed E-state index contributed by atoms with van der Waals surface area (Å²) in [6, 6.07) is 10.8. The fourth-order valence-corrected chi connectivity index (χ4v) is 2.27. The minimum atomic E-state index is -0.228. The largest absolute Gasteiger partial charge is 0.368 e. The van der Waals surface area contributed by atoms with Crippen LogP contribution in [0.2, 0.25) is 0 Å². The maximum absolute atomic E-state index is 11.4. The lowest BCUT2D eigenvalue weighted by Crippen LogP contribution is -2.44. The summed E-state index contributed by atoms with van der Waals surface area (Å²) in [6.45, 7) is 1.89. The number of hydrogen-bond donors (Lipinski definition) is 2. The van der Waals surface area contributed by atoms with Crippen molar-refractivity contribution in [2.45, 2.75) is 37.8 Å². The van der Waals surface area contributed by atoms with Crippen molar-refractivity contribution in [1.82, 2.24) is 10.2 Å². The average molecular weight is 275 g/mol. The second-order valence-corrected chi connectivity index (χ2v) is 5.72. The van der Waals surface area contributed by atoms with Crippen molar-refractivity contribution < 1.29 is 4.79 Å². The first-order valence-corrected chi connectivity index (χ1v) is 7.43. The Morgan fingerprint density at radius 1 is 1.35 bits per heavy atom. The number of nitrogens with two attached hydrogens (primary N) is 1. The zero-order valence-electron chi connectivity index (χ0n) is 12.2. The van der Waals surface area contributed by atoms with Gasteiger partial charge in [-0.1, -0.05) is 30.3 Å². The predicted octanol–water partition coefficient (Wildman–Crippen LogP) is 1.16. The van der Waals surface area contributed by atoms with Crippen LogP contribution in [0.4, 0.5) is 0 Å². The van der Waals surface area contributed by atoms with Crippen LogP contribution in [0.15, 0.2) is 30.3 Å². The van der Waals surface area contributed by atoms with Crippen molar-refractivity contribution in [1.29, 1.82) is 0 Å². The Hall–Kier alpha value is -1.39. The van der Waals surface area contributed by atoms with E-state index < -0.39 is 0 Å². The van der Waals surface area contributed by atoms with Gasteiger partial charge in [0.05, 0.1) is 6.04 Å². The summed E-state index contributed by atoms with van der Waals surface area (Å²) >= 11 is 0. The topological polar surface area (TPSA) is 58.4 Å². The van der Waals surface area contributed by atoms with E-state index in [1.54, 1.807) is 0 Å². The normalized spacial score (nSPS) is 16.3. The minimum absolute atomic E-state index is 0.179. The number of likely N-dealkylation sites (N-methyl/N-ethyl adjacent to an activating group) is 1. The molecule has 1 amide bonds. The van der Waals surface area contributed by atoms with Gasteiger partial charge in [0, 0.05) is 12.6 Å². The SMILES string of the molecule is CN(CCc1ccccc1)CCC(NC1CC1)C(N)=O. The van der Waals surface area contributed by atoms with Crippen LogP contribution in [0.5, 0.6) is 0 Å². The molecular weight excluding hydrogens is 250 g/mol. The zero-order chi connectivity index (χ0) is 14.4. The van der Waals surface area contributed by atoms with Gasteiger partial charge in [-0.25, -0.2) is 0 Å². The lowest BCUT2D eigenvalue weighted by atomic mass is 10.1. The summed E-state index contributed by atoms with van der Waals surface area (Å²) in [5.41, 5.74) is 6.79. The lowest BCUT2D eigenvalue weighted by Gasteiger charge is -2.20. The van der Waals surface area contributed by atoms with Gasteiger partial charge in [-0.15, -0.1) is 0 Å². The average Bonchev–Trinajstić information content (AvgIpc) is 3.26. The van der Waals surface area contributed by atoms with Crippen LogP contribution < -0.4 is 11.1 Å². The molecule has 0 bridgehead atoms. The van der Waals surface area contributed by atoms with E-state index in [1.807, 2.05) is 6.07 Å². The number of nitrogens with one attached hydrogen (secondary N) is 1. The monoisotopic (exact) mass is 275 g/mol. The third-order valence-electron chi connectivity index (χ3n) is 3.78. The Morgan fingerprint density at radius 2 is 2.05 bits per heavy atom. The zero-order valence-corrected chi connectivity index (χ0v) is 12.2. The first-order chi connectivity index (χ1) is 9.65. The van der Waals surface area contributed by atoms with Crippen LogP contribution in [0.1, 0.15) is 24.8 Å². The van der Waals surface area contributed by atoms with E-state index in [0.717, 1.165) is 25.9 Å². The number of nitrogens with zero attached hydrogens (tertiary/aromatic N) is 1. The molecule has 1 aromatic rings. The van der Waals surface area contributed by atoms with Crippen LogP contribution in [-0.2, 0) is 11.2 Å². The van der Waals surface area contributed by atoms with Gasteiger partial charge in [-0.05, 0) is 44.8 Å². The van der Waals surface area contributed by atoms with Crippen molar-refractivity contribution in [2.24, 2.45) is 5.73 Å². The van der Waals surface area contributed by atoms with Crippen molar-refractivity contribution in [3.05, 3.63) is 35.9 Å². The van der Waals surface area contributed by atoms with E-state index in [-0.39, 0.29) is 11.9 Å². The number of benzene rings is 1. The molecular formula is C16H25N3O. The summed E-state index contributed by atoms with van der Waals surface area (Å²) in [7, 11) is 2.10. The van der Waals surface area contributed by atoms with Gasteiger partial charge in [0.2, 0.25) is 5.91 Å². The molecule has 2 rings (SSSR count). The number of carbonyl (C=O) groups is 1. The van der Waals surface area contributed by atoms with E-state index in [0.29, 0.717) is 6.04 Å². The maximum atomic E-state index is 11.4. The summed E-state index contributed by atoms with van der Waals surface area (Å²) in [4.78, 5) is 13.7. The lowest BCUT2D eigenvalue weighted by molar-refractivity contribution is -0.120. The van der Waals surface area contributed by atoms with Gasteiger partial charge in [0.25, 0.3) is 0 Å². The number of amides is 1. The standard InChI is InChI=1S/C16H25N3O/c1-19(11-9-13-5-3-2-4-6-13)12-10-15(16(17)20)18-14-7-8-14/h2-6,14-15,18H,7-12H2,1H3,(H2,17,20). The molecule has 0 heterocycles. The van der Waals surface area contributed by atoms with Gasteiger partial charge in [0.1, 0.15) is 0 Å². The Morgan fingerprint density at radius 3 is 2.65 bits per heavy atom. The molecule has 1 unspecified atom stereocenters. The summed E-state index contributed by atoms with van der Waals surface area (Å²) in [5, 5.41) is 3.32. The number of hydrogen-bond acceptors (Lipinski definition) is 3. The Balaban J connectivity index is 1.67. The molecule has 0 aromatic heterocycles. The summed E-state index contributed by atoms with van der Waals surface area (Å²) < 4.78 is 0.